The van der Waals surface area contributed by atoms with Gasteiger partial charge in [0.2, 0.25) is 0 Å². The number of thioether (sulfide) groups is 1. The molecule has 2 aliphatic heterocycles. The smallest absolute Gasteiger partial charge is 0.358 e. The van der Waals surface area contributed by atoms with Gasteiger partial charge in [0.1, 0.15) is 0 Å². The summed E-state index contributed by atoms with van der Waals surface area (Å²) in [4.78, 5) is 13.2. The summed E-state index contributed by atoms with van der Waals surface area (Å²) in [6.45, 7) is 4.21. The van der Waals surface area contributed by atoms with Gasteiger partial charge in [-0.2, -0.15) is 11.8 Å². The highest BCUT2D eigenvalue weighted by Crippen LogP contribution is 2.33. The standard InChI is InChI=1S/C11H16N4O2S/c1-7-5-18-6-10(7)14-2-8(3-14)15-4-9(11(16)17)12-13-15/h4,7-8,10H,2-3,5-6H2,1H3,(H,16,17). The van der Waals surface area contributed by atoms with E-state index in [4.69, 9.17) is 5.11 Å². The van der Waals surface area contributed by atoms with Gasteiger partial charge in [-0.25, -0.2) is 9.48 Å². The highest BCUT2D eigenvalue weighted by atomic mass is 32.2. The third-order valence-electron chi connectivity index (χ3n) is 3.79. The number of hydrogen-bond donors (Lipinski definition) is 1. The van der Waals surface area contributed by atoms with Crippen LogP contribution in [0.3, 0.4) is 0 Å². The van der Waals surface area contributed by atoms with Crippen molar-refractivity contribution in [3.8, 4) is 0 Å². The van der Waals surface area contributed by atoms with Crippen LogP contribution in [0, 0.1) is 5.92 Å². The molecule has 3 rings (SSSR count). The van der Waals surface area contributed by atoms with E-state index < -0.39 is 5.97 Å². The van der Waals surface area contributed by atoms with Crippen molar-refractivity contribution in [2.45, 2.75) is 19.0 Å². The predicted octanol–water partition coefficient (Wildman–Crippen LogP) is 0.585. The molecule has 2 atom stereocenters. The molecule has 1 aromatic heterocycles. The highest BCUT2D eigenvalue weighted by molar-refractivity contribution is 7.99. The number of carbonyl (C=O) groups is 1. The lowest BCUT2D eigenvalue weighted by atomic mass is 9.98. The lowest BCUT2D eigenvalue weighted by molar-refractivity contribution is 0.0459. The normalized spacial score (nSPS) is 29.4. The predicted molar refractivity (Wildman–Crippen MR) is 67.9 cm³/mol. The second-order valence-corrected chi connectivity index (χ2v) is 6.15. The summed E-state index contributed by atoms with van der Waals surface area (Å²) in [5.74, 6) is 2.20. The molecule has 2 aliphatic rings. The van der Waals surface area contributed by atoms with Gasteiger partial charge in [0.05, 0.1) is 12.2 Å². The van der Waals surface area contributed by atoms with Gasteiger partial charge in [-0.05, 0) is 11.7 Å². The number of hydrogen-bond acceptors (Lipinski definition) is 5. The molecular weight excluding hydrogens is 252 g/mol. The van der Waals surface area contributed by atoms with Crippen molar-refractivity contribution in [2.24, 2.45) is 5.92 Å². The molecule has 0 bridgehead atoms. The molecule has 18 heavy (non-hydrogen) atoms. The summed E-state index contributed by atoms with van der Waals surface area (Å²) in [6.07, 6.45) is 1.52. The van der Waals surface area contributed by atoms with Crippen molar-refractivity contribution < 1.29 is 9.90 Å². The van der Waals surface area contributed by atoms with Crippen LogP contribution in [-0.2, 0) is 0 Å². The minimum absolute atomic E-state index is 0.0261. The Bertz CT molecular complexity index is 458. The van der Waals surface area contributed by atoms with Crippen LogP contribution in [0.4, 0.5) is 0 Å². The van der Waals surface area contributed by atoms with Crippen LogP contribution in [0.2, 0.25) is 0 Å². The molecule has 1 aromatic rings. The molecule has 7 heteroatoms. The zero-order valence-electron chi connectivity index (χ0n) is 10.2. The first-order chi connectivity index (χ1) is 8.65. The fraction of sp³-hybridized carbons (Fsp3) is 0.727. The van der Waals surface area contributed by atoms with Crippen LogP contribution in [0.5, 0.6) is 0 Å². The Balaban J connectivity index is 1.59. The van der Waals surface area contributed by atoms with Gasteiger partial charge in [-0.1, -0.05) is 12.1 Å². The maximum Gasteiger partial charge on any atom is 0.358 e. The van der Waals surface area contributed by atoms with Gasteiger partial charge < -0.3 is 5.11 Å². The van der Waals surface area contributed by atoms with E-state index in [0.717, 1.165) is 19.0 Å². The lowest BCUT2D eigenvalue weighted by Crippen LogP contribution is -2.54. The number of aromatic carboxylic acids is 1. The minimum atomic E-state index is -1.02. The fourth-order valence-electron chi connectivity index (χ4n) is 2.59. The minimum Gasteiger partial charge on any atom is -0.476 e. The molecule has 3 heterocycles. The maximum absolute atomic E-state index is 10.7. The van der Waals surface area contributed by atoms with Gasteiger partial charge in [-0.3, -0.25) is 4.90 Å². The molecule has 2 unspecified atom stereocenters. The molecule has 6 nitrogen and oxygen atoms in total. The van der Waals surface area contributed by atoms with Crippen LogP contribution in [0.1, 0.15) is 23.5 Å². The average Bonchev–Trinajstić information content (AvgIpc) is 2.87. The molecule has 98 valence electrons. The monoisotopic (exact) mass is 268 g/mol. The number of aromatic nitrogens is 3. The van der Waals surface area contributed by atoms with Crippen LogP contribution in [0.25, 0.3) is 0 Å². The molecule has 0 saturated carbocycles. The molecular formula is C11H16N4O2S. The van der Waals surface area contributed by atoms with Gasteiger partial charge in [0.25, 0.3) is 0 Å². The average molecular weight is 268 g/mol. The first-order valence-corrected chi connectivity index (χ1v) is 7.27. The summed E-state index contributed by atoms with van der Waals surface area (Å²) in [5, 5.41) is 16.3. The Hall–Kier alpha value is -1.08. The molecule has 0 aromatic carbocycles. The summed E-state index contributed by atoms with van der Waals surface area (Å²) in [7, 11) is 0. The van der Waals surface area contributed by atoms with E-state index in [0.29, 0.717) is 6.04 Å². The third kappa shape index (κ3) is 2.01. The maximum atomic E-state index is 10.7. The number of likely N-dealkylation sites (tertiary alicyclic amines) is 1. The topological polar surface area (TPSA) is 71.2 Å². The molecule has 0 amide bonds. The zero-order chi connectivity index (χ0) is 12.7. The third-order valence-corrected chi connectivity index (χ3v) is 5.13. The highest BCUT2D eigenvalue weighted by Gasteiger charge is 2.38. The van der Waals surface area contributed by atoms with E-state index in [2.05, 4.69) is 22.1 Å². The second-order valence-electron chi connectivity index (χ2n) is 5.08. The Kier molecular flexibility index (Phi) is 3.03. The van der Waals surface area contributed by atoms with E-state index in [1.165, 1.54) is 17.7 Å². The van der Waals surface area contributed by atoms with Crippen molar-refractivity contribution in [1.82, 2.24) is 19.9 Å². The van der Waals surface area contributed by atoms with E-state index >= 15 is 0 Å². The van der Waals surface area contributed by atoms with Gasteiger partial charge >= 0.3 is 5.97 Å². The summed E-state index contributed by atoms with van der Waals surface area (Å²) < 4.78 is 1.69. The molecule has 0 aliphatic carbocycles. The SMILES string of the molecule is CC1CSCC1N1CC(n2cc(C(=O)O)nn2)C1. The Morgan fingerprint density at radius 3 is 2.83 bits per heavy atom. The van der Waals surface area contributed by atoms with E-state index in [-0.39, 0.29) is 11.7 Å². The number of carboxylic acids is 1. The molecule has 2 saturated heterocycles. The largest absolute Gasteiger partial charge is 0.476 e. The van der Waals surface area contributed by atoms with E-state index in [1.807, 2.05) is 11.8 Å². The Morgan fingerprint density at radius 1 is 1.50 bits per heavy atom. The number of nitrogens with zero attached hydrogens (tertiary/aromatic N) is 4. The molecule has 0 radical (unpaired) electrons. The quantitative estimate of drug-likeness (QED) is 0.865. The van der Waals surface area contributed by atoms with Crippen molar-refractivity contribution in [1.29, 1.82) is 0 Å². The Labute approximate surface area is 109 Å². The van der Waals surface area contributed by atoms with Crippen molar-refractivity contribution in [3.05, 3.63) is 11.9 Å². The number of rotatable bonds is 3. The first kappa shape index (κ1) is 12.0. The lowest BCUT2D eigenvalue weighted by Gasteiger charge is -2.44. The van der Waals surface area contributed by atoms with Crippen LogP contribution in [-0.4, -0.2) is 61.6 Å². The van der Waals surface area contributed by atoms with Crippen LogP contribution in [0.15, 0.2) is 6.20 Å². The van der Waals surface area contributed by atoms with Crippen molar-refractivity contribution in [3.63, 3.8) is 0 Å². The van der Waals surface area contributed by atoms with E-state index in [1.54, 1.807) is 4.68 Å². The van der Waals surface area contributed by atoms with Crippen molar-refractivity contribution >= 4 is 17.7 Å². The first-order valence-electron chi connectivity index (χ1n) is 6.12. The van der Waals surface area contributed by atoms with Gasteiger partial charge in [0, 0.05) is 24.9 Å². The van der Waals surface area contributed by atoms with Crippen molar-refractivity contribution in [2.75, 3.05) is 24.6 Å². The van der Waals surface area contributed by atoms with Gasteiger partial charge in [-0.15, -0.1) is 5.10 Å². The second kappa shape index (κ2) is 4.55. The molecule has 0 spiro atoms. The summed E-state index contributed by atoms with van der Waals surface area (Å²) in [6, 6.07) is 0.956. The summed E-state index contributed by atoms with van der Waals surface area (Å²) in [5.41, 5.74) is 0.0261. The van der Waals surface area contributed by atoms with Crippen LogP contribution < -0.4 is 0 Å². The van der Waals surface area contributed by atoms with Crippen LogP contribution >= 0.6 is 11.8 Å². The fourth-order valence-corrected chi connectivity index (χ4v) is 4.11. The Morgan fingerprint density at radius 2 is 2.28 bits per heavy atom. The van der Waals surface area contributed by atoms with Gasteiger partial charge in [0.15, 0.2) is 5.69 Å². The number of carboxylic acid groups (broad SMARTS) is 1. The molecule has 1 N–H and O–H groups in total. The zero-order valence-corrected chi connectivity index (χ0v) is 11.0. The molecule has 2 fully saturated rings. The van der Waals surface area contributed by atoms with E-state index in [9.17, 15) is 4.79 Å². The summed E-state index contributed by atoms with van der Waals surface area (Å²) >= 11 is 2.02.